The van der Waals surface area contributed by atoms with E-state index < -0.39 is 22.0 Å². The number of nitrogens with one attached hydrogen (secondary N) is 3. The molecule has 2 amide bonds. The zero-order valence-electron chi connectivity index (χ0n) is 35.6. The van der Waals surface area contributed by atoms with Crippen LogP contribution in [0, 0.1) is 6.92 Å². The Kier molecular flexibility index (Phi) is 12.3. The normalized spacial score (nSPS) is 22.0. The van der Waals surface area contributed by atoms with Crippen molar-refractivity contribution in [3.63, 3.8) is 0 Å². The maximum atomic E-state index is 13.5. The predicted molar refractivity (Wildman–Crippen MR) is 240 cm³/mol. The number of aromatic nitrogens is 5. The number of imide groups is 1. The first kappa shape index (κ1) is 43.3. The van der Waals surface area contributed by atoms with E-state index in [2.05, 4.69) is 37.4 Å². The van der Waals surface area contributed by atoms with Gasteiger partial charge in [0.2, 0.25) is 27.8 Å². The lowest BCUT2D eigenvalue weighted by molar-refractivity contribution is -0.135. The van der Waals surface area contributed by atoms with Crippen LogP contribution in [0.25, 0.3) is 22.1 Å². The molecule has 334 valence electrons. The third-order valence-corrected chi connectivity index (χ3v) is 15.4. The average Bonchev–Trinajstić information content (AvgIpc) is 3.89. The summed E-state index contributed by atoms with van der Waals surface area (Å²) in [5.41, 5.74) is 4.04. The lowest BCUT2D eigenvalue weighted by Gasteiger charge is -2.33. The summed E-state index contributed by atoms with van der Waals surface area (Å²) in [6, 6.07) is 11.8. The second-order valence-electron chi connectivity index (χ2n) is 17.7. The van der Waals surface area contributed by atoms with Gasteiger partial charge in [-0.2, -0.15) is 4.98 Å². The first-order chi connectivity index (χ1) is 30.3. The minimum absolute atomic E-state index is 0.0394. The maximum absolute atomic E-state index is 13.5. The first-order valence-corrected chi connectivity index (χ1v) is 24.1. The van der Waals surface area contributed by atoms with E-state index in [1.54, 1.807) is 46.6 Å². The molecule has 3 N–H and O–H groups in total. The number of carbonyl (C=O) groups excluding carboxylic acids is 2. The Morgan fingerprint density at radius 2 is 1.65 bits per heavy atom. The molecule has 18 heteroatoms. The summed E-state index contributed by atoms with van der Waals surface area (Å²) in [5.74, 6) is -0.0817. The number of anilines is 2. The summed E-state index contributed by atoms with van der Waals surface area (Å²) in [4.78, 5) is 62.3. The Morgan fingerprint density at radius 1 is 0.889 bits per heavy atom. The summed E-state index contributed by atoms with van der Waals surface area (Å²) >= 11 is 6.29. The topological polar surface area (TPSA) is 192 Å². The molecule has 2 aliphatic carbocycles. The SMILES string of the molecule is Cc1cc(S(=O)(=O)NC2CCC(OCCN3CCC(c4ccc5c(c4)n(C)c(=O)n5C4CCC(=O)NC4=O)CC3)CC2)ccc1Nc1ncc2cc(Cl)c(=O)n(C3CCCC3)c2n1. The van der Waals surface area contributed by atoms with Crippen molar-refractivity contribution in [1.82, 2.24) is 38.6 Å². The van der Waals surface area contributed by atoms with Gasteiger partial charge in [-0.25, -0.2) is 22.9 Å². The molecule has 9 rings (SSSR count). The lowest BCUT2D eigenvalue weighted by atomic mass is 9.89. The van der Waals surface area contributed by atoms with E-state index in [1.807, 2.05) is 13.0 Å². The van der Waals surface area contributed by atoms with Gasteiger partial charge in [0.25, 0.3) is 5.56 Å². The number of ether oxygens (including phenoxy) is 1. The number of halogens is 1. The fourth-order valence-electron chi connectivity index (χ4n) is 10.0. The summed E-state index contributed by atoms with van der Waals surface area (Å²) in [5, 5.41) is 6.41. The summed E-state index contributed by atoms with van der Waals surface area (Å²) < 4.78 is 41.1. The number of amides is 2. The molecule has 1 atom stereocenters. The Hall–Kier alpha value is -4.94. The molecule has 2 aromatic carbocycles. The Morgan fingerprint density at radius 3 is 2.38 bits per heavy atom. The second-order valence-corrected chi connectivity index (χ2v) is 19.8. The summed E-state index contributed by atoms with van der Waals surface area (Å²) in [7, 11) is -2.04. The molecule has 0 radical (unpaired) electrons. The van der Waals surface area contributed by atoms with Crippen LogP contribution < -0.4 is 26.6 Å². The molecule has 4 aliphatic rings. The van der Waals surface area contributed by atoms with Crippen molar-refractivity contribution in [2.75, 3.05) is 31.6 Å². The van der Waals surface area contributed by atoms with Gasteiger partial charge in [-0.3, -0.25) is 33.4 Å². The van der Waals surface area contributed by atoms with Crippen LogP contribution in [-0.4, -0.2) is 87.2 Å². The van der Waals surface area contributed by atoms with Gasteiger partial charge >= 0.3 is 5.69 Å². The minimum Gasteiger partial charge on any atom is -0.377 e. The first-order valence-electron chi connectivity index (χ1n) is 22.2. The molecule has 2 saturated heterocycles. The number of piperidine rings is 2. The molecule has 4 fully saturated rings. The number of nitrogens with zero attached hydrogens (tertiary/aromatic N) is 6. The van der Waals surface area contributed by atoms with Gasteiger partial charge < -0.3 is 15.0 Å². The third-order valence-electron chi connectivity index (χ3n) is 13.6. The van der Waals surface area contributed by atoms with E-state index in [9.17, 15) is 27.6 Å². The number of sulfonamides is 1. The number of benzene rings is 2. The van der Waals surface area contributed by atoms with Crippen LogP contribution in [0.1, 0.15) is 106 Å². The Labute approximate surface area is 370 Å². The monoisotopic (exact) mass is 899 g/mol. The van der Waals surface area contributed by atoms with E-state index >= 15 is 0 Å². The number of aryl methyl sites for hydroxylation is 2. The quantitative estimate of drug-likeness (QED) is 0.130. The van der Waals surface area contributed by atoms with E-state index in [4.69, 9.17) is 21.3 Å². The largest absolute Gasteiger partial charge is 0.377 e. The molecule has 63 heavy (non-hydrogen) atoms. The van der Waals surface area contributed by atoms with Crippen LogP contribution in [-0.2, 0) is 31.4 Å². The van der Waals surface area contributed by atoms with Crippen LogP contribution in [0.5, 0.6) is 0 Å². The molecule has 5 heterocycles. The van der Waals surface area contributed by atoms with Crippen molar-refractivity contribution in [3.8, 4) is 0 Å². The molecule has 0 bridgehead atoms. The van der Waals surface area contributed by atoms with Gasteiger partial charge in [0.05, 0.1) is 28.6 Å². The molecule has 1 unspecified atom stereocenters. The minimum atomic E-state index is -3.77. The highest BCUT2D eigenvalue weighted by atomic mass is 35.5. The smallest absolute Gasteiger partial charge is 0.329 e. The molecule has 5 aromatic rings. The highest BCUT2D eigenvalue weighted by molar-refractivity contribution is 7.89. The number of rotatable bonds is 12. The predicted octanol–water partition coefficient (Wildman–Crippen LogP) is 5.73. The van der Waals surface area contributed by atoms with Crippen molar-refractivity contribution in [2.45, 2.75) is 119 Å². The van der Waals surface area contributed by atoms with E-state index in [1.165, 1.54) is 10.1 Å². The van der Waals surface area contributed by atoms with Crippen molar-refractivity contribution >= 4 is 67.1 Å². The van der Waals surface area contributed by atoms with Crippen LogP contribution in [0.4, 0.5) is 11.6 Å². The number of imidazole rings is 1. The van der Waals surface area contributed by atoms with Gasteiger partial charge in [0.1, 0.15) is 16.7 Å². The van der Waals surface area contributed by atoms with E-state index in [0.717, 1.165) is 76.5 Å². The molecular formula is C45H54ClN9O7S. The van der Waals surface area contributed by atoms with Crippen LogP contribution in [0.3, 0.4) is 0 Å². The van der Waals surface area contributed by atoms with Gasteiger partial charge in [-0.05, 0) is 131 Å². The number of carbonyl (C=O) groups is 2. The molecule has 3 aromatic heterocycles. The number of fused-ring (bicyclic) bond motifs is 2. The van der Waals surface area contributed by atoms with Gasteiger partial charge in [0.15, 0.2) is 0 Å². The van der Waals surface area contributed by atoms with Gasteiger partial charge in [0, 0.05) is 49.4 Å². The van der Waals surface area contributed by atoms with Crippen LogP contribution in [0.15, 0.2) is 63.1 Å². The maximum Gasteiger partial charge on any atom is 0.329 e. The van der Waals surface area contributed by atoms with Crippen LogP contribution in [0.2, 0.25) is 5.02 Å². The Bertz CT molecular complexity index is 2800. The Balaban J connectivity index is 0.731. The van der Waals surface area contributed by atoms with Crippen molar-refractivity contribution in [3.05, 3.63) is 85.6 Å². The van der Waals surface area contributed by atoms with E-state index in [-0.39, 0.29) is 51.7 Å². The second kappa shape index (κ2) is 17.9. The van der Waals surface area contributed by atoms with Crippen molar-refractivity contribution in [2.24, 2.45) is 7.05 Å². The molecule has 2 saturated carbocycles. The summed E-state index contributed by atoms with van der Waals surface area (Å²) in [6.07, 6.45) is 11.0. The highest BCUT2D eigenvalue weighted by Crippen LogP contribution is 2.34. The number of pyridine rings is 1. The molecular weight excluding hydrogens is 846 g/mol. The van der Waals surface area contributed by atoms with Crippen molar-refractivity contribution in [1.29, 1.82) is 0 Å². The highest BCUT2D eigenvalue weighted by Gasteiger charge is 2.32. The lowest BCUT2D eigenvalue weighted by Crippen LogP contribution is -2.44. The fourth-order valence-corrected chi connectivity index (χ4v) is 11.6. The zero-order valence-corrected chi connectivity index (χ0v) is 37.2. The molecule has 0 spiro atoms. The van der Waals surface area contributed by atoms with Crippen LogP contribution >= 0.6 is 11.6 Å². The van der Waals surface area contributed by atoms with Gasteiger partial charge in [-0.1, -0.05) is 30.5 Å². The number of hydrogen-bond donors (Lipinski definition) is 3. The standard InChI is InChI=1S/C45H54ClN9O7S/c1-27-23-34(12-13-36(27)48-44-47-26-30-24-35(46)43(58)54(41(30)50-44)32-5-3-4-6-32)63(60,61)51-31-8-10-33(11-9-31)62-22-21-53-19-17-28(18-20-53)29-7-14-37-39(25-29)52(2)45(59)55(37)38-15-16-40(56)49-42(38)57/h7,12-14,23-26,28,31-33,38,51H,3-6,8-11,15-22H2,1-2H3,(H,47,48,50)(H,49,56,57). The number of likely N-dealkylation sites (tertiary alicyclic amines) is 1. The van der Waals surface area contributed by atoms with Gasteiger partial charge in [-0.15, -0.1) is 0 Å². The molecule has 2 aliphatic heterocycles. The summed E-state index contributed by atoms with van der Waals surface area (Å²) in [6.45, 7) is 5.15. The fraction of sp³-hybridized carbons (Fsp3) is 0.511. The zero-order chi connectivity index (χ0) is 44.0. The third kappa shape index (κ3) is 8.95. The average molecular weight is 901 g/mol. The van der Waals surface area contributed by atoms with E-state index in [0.29, 0.717) is 65.5 Å². The number of hydrogen-bond acceptors (Lipinski definition) is 11. The van der Waals surface area contributed by atoms with Crippen molar-refractivity contribution < 1.29 is 22.7 Å². The molecule has 16 nitrogen and oxygen atoms in total.